The Bertz CT molecular complexity index is 582. The van der Waals surface area contributed by atoms with Crippen LogP contribution >= 0.6 is 0 Å². The molecule has 112 valence electrons. The van der Waals surface area contributed by atoms with Gasteiger partial charge in [0.1, 0.15) is 12.1 Å². The summed E-state index contributed by atoms with van der Waals surface area (Å²) in [7, 11) is 0. The molecular weight excluding hydrogens is 270 g/mol. The van der Waals surface area contributed by atoms with Crippen molar-refractivity contribution in [3.63, 3.8) is 0 Å². The van der Waals surface area contributed by atoms with Crippen LogP contribution in [0.25, 0.3) is 0 Å². The van der Waals surface area contributed by atoms with Gasteiger partial charge in [-0.15, -0.1) is 0 Å². The topological polar surface area (TPSA) is 78.5 Å². The predicted molar refractivity (Wildman–Crippen MR) is 78.7 cm³/mol. The molecule has 1 aliphatic rings. The van der Waals surface area contributed by atoms with Crippen LogP contribution in [0.1, 0.15) is 25.8 Å². The second-order valence-corrected chi connectivity index (χ2v) is 5.42. The Hall–Kier alpha value is -2.37. The summed E-state index contributed by atoms with van der Waals surface area (Å²) in [4.78, 5) is 36.9. The van der Waals surface area contributed by atoms with Crippen molar-refractivity contribution >= 4 is 23.5 Å². The van der Waals surface area contributed by atoms with Gasteiger partial charge in [-0.1, -0.05) is 24.6 Å². The minimum atomic E-state index is -0.915. The Morgan fingerprint density at radius 2 is 1.90 bits per heavy atom. The van der Waals surface area contributed by atoms with Crippen LogP contribution in [0, 0.1) is 6.92 Å². The van der Waals surface area contributed by atoms with Gasteiger partial charge in [0.2, 0.25) is 5.91 Å². The molecule has 1 aliphatic heterocycles. The molecule has 0 radical (unpaired) electrons. The molecular formula is C15H19N3O3. The largest absolute Gasteiger partial charge is 0.325 e. The van der Waals surface area contributed by atoms with E-state index in [9.17, 15) is 14.4 Å². The number of carbonyl (C=O) groups excluding carboxylic acids is 3. The van der Waals surface area contributed by atoms with E-state index in [0.29, 0.717) is 12.1 Å². The Balaban J connectivity index is 2.01. The fourth-order valence-electron chi connectivity index (χ4n) is 2.11. The number of aryl methyl sites for hydroxylation is 1. The van der Waals surface area contributed by atoms with Gasteiger partial charge in [-0.2, -0.15) is 0 Å². The molecule has 1 aromatic carbocycles. The van der Waals surface area contributed by atoms with Crippen molar-refractivity contribution in [1.29, 1.82) is 0 Å². The van der Waals surface area contributed by atoms with Gasteiger partial charge >= 0.3 is 6.03 Å². The SMILES string of the molecule is CC[C@@]1(C)NC(=O)N(CC(=O)Nc2ccc(C)cc2)C1=O. The third-order valence-corrected chi connectivity index (χ3v) is 3.69. The molecule has 0 bridgehead atoms. The Kier molecular flexibility index (Phi) is 3.97. The van der Waals surface area contributed by atoms with Crippen LogP contribution in [0.5, 0.6) is 0 Å². The van der Waals surface area contributed by atoms with E-state index >= 15 is 0 Å². The molecule has 0 aliphatic carbocycles. The van der Waals surface area contributed by atoms with E-state index < -0.39 is 17.5 Å². The van der Waals surface area contributed by atoms with Gasteiger partial charge in [0.15, 0.2) is 0 Å². The number of nitrogens with one attached hydrogen (secondary N) is 2. The monoisotopic (exact) mass is 289 g/mol. The lowest BCUT2D eigenvalue weighted by Gasteiger charge is -2.19. The smallest absolute Gasteiger partial charge is 0.325 e. The van der Waals surface area contributed by atoms with Crippen molar-refractivity contribution < 1.29 is 14.4 Å². The molecule has 1 aromatic rings. The third-order valence-electron chi connectivity index (χ3n) is 3.69. The normalized spacial score (nSPS) is 21.4. The summed E-state index contributed by atoms with van der Waals surface area (Å²) < 4.78 is 0. The Morgan fingerprint density at radius 3 is 2.43 bits per heavy atom. The van der Waals surface area contributed by atoms with E-state index in [1.165, 1.54) is 0 Å². The lowest BCUT2D eigenvalue weighted by atomic mass is 9.99. The number of hydrogen-bond donors (Lipinski definition) is 2. The van der Waals surface area contributed by atoms with Crippen molar-refractivity contribution in [2.75, 3.05) is 11.9 Å². The van der Waals surface area contributed by atoms with Gasteiger partial charge in [0.05, 0.1) is 0 Å². The fraction of sp³-hybridized carbons (Fsp3) is 0.400. The first-order chi connectivity index (χ1) is 9.85. The summed E-state index contributed by atoms with van der Waals surface area (Å²) in [6, 6.07) is 6.77. The average molecular weight is 289 g/mol. The first kappa shape index (κ1) is 15.0. The van der Waals surface area contributed by atoms with E-state index in [4.69, 9.17) is 0 Å². The Morgan fingerprint density at radius 1 is 1.29 bits per heavy atom. The molecule has 2 N–H and O–H groups in total. The summed E-state index contributed by atoms with van der Waals surface area (Å²) >= 11 is 0. The van der Waals surface area contributed by atoms with Gasteiger partial charge in [-0.05, 0) is 32.4 Å². The third kappa shape index (κ3) is 3.04. The first-order valence-electron chi connectivity index (χ1n) is 6.86. The van der Waals surface area contributed by atoms with Crippen LogP contribution in [-0.2, 0) is 9.59 Å². The lowest BCUT2D eigenvalue weighted by molar-refractivity contribution is -0.133. The molecule has 0 unspecified atom stereocenters. The summed E-state index contributed by atoms with van der Waals surface area (Å²) in [6.45, 7) is 5.14. The maximum Gasteiger partial charge on any atom is 0.325 e. The average Bonchev–Trinajstić information content (AvgIpc) is 2.66. The van der Waals surface area contributed by atoms with Crippen LogP contribution < -0.4 is 10.6 Å². The molecule has 6 heteroatoms. The molecule has 0 saturated carbocycles. The number of urea groups is 1. The Labute approximate surface area is 123 Å². The highest BCUT2D eigenvalue weighted by molar-refractivity contribution is 6.09. The fourth-order valence-corrected chi connectivity index (χ4v) is 2.11. The van der Waals surface area contributed by atoms with E-state index in [-0.39, 0.29) is 12.5 Å². The molecule has 2 rings (SSSR count). The van der Waals surface area contributed by atoms with Gasteiger partial charge in [0.25, 0.3) is 5.91 Å². The predicted octanol–water partition coefficient (Wildman–Crippen LogP) is 1.65. The molecule has 0 spiro atoms. The standard InChI is InChI=1S/C15H19N3O3/c1-4-15(3)13(20)18(14(21)17-15)9-12(19)16-11-7-5-10(2)6-8-11/h5-8H,4,9H2,1-3H3,(H,16,19)(H,17,21)/t15-/m1/s1. The maximum absolute atomic E-state index is 12.2. The van der Waals surface area contributed by atoms with Crippen LogP contribution in [0.3, 0.4) is 0 Å². The van der Waals surface area contributed by atoms with Crippen molar-refractivity contribution in [2.24, 2.45) is 0 Å². The number of anilines is 1. The highest BCUT2D eigenvalue weighted by Gasteiger charge is 2.46. The second-order valence-electron chi connectivity index (χ2n) is 5.42. The van der Waals surface area contributed by atoms with Crippen molar-refractivity contribution in [2.45, 2.75) is 32.7 Å². The number of benzene rings is 1. The zero-order chi connectivity index (χ0) is 15.6. The molecule has 0 aromatic heterocycles. The van der Waals surface area contributed by atoms with E-state index in [0.717, 1.165) is 10.5 Å². The van der Waals surface area contributed by atoms with Gasteiger partial charge in [-0.3, -0.25) is 14.5 Å². The molecule has 21 heavy (non-hydrogen) atoms. The van der Waals surface area contributed by atoms with Gasteiger partial charge in [0, 0.05) is 5.69 Å². The molecule has 1 saturated heterocycles. The lowest BCUT2D eigenvalue weighted by Crippen LogP contribution is -2.44. The summed E-state index contributed by atoms with van der Waals surface area (Å²) in [5, 5.41) is 5.28. The minimum absolute atomic E-state index is 0.284. The van der Waals surface area contributed by atoms with Gasteiger partial charge in [-0.25, -0.2) is 4.79 Å². The van der Waals surface area contributed by atoms with Crippen LogP contribution in [0.2, 0.25) is 0 Å². The van der Waals surface area contributed by atoms with Gasteiger partial charge < -0.3 is 10.6 Å². The molecule has 1 fully saturated rings. The van der Waals surface area contributed by atoms with Crippen molar-refractivity contribution in [3.8, 4) is 0 Å². The number of amides is 4. The van der Waals surface area contributed by atoms with E-state index in [2.05, 4.69) is 10.6 Å². The number of nitrogens with zero attached hydrogens (tertiary/aromatic N) is 1. The summed E-state index contributed by atoms with van der Waals surface area (Å²) in [5.74, 6) is -0.767. The number of rotatable bonds is 4. The van der Waals surface area contributed by atoms with Crippen LogP contribution in [-0.4, -0.2) is 34.8 Å². The zero-order valence-corrected chi connectivity index (χ0v) is 12.4. The second kappa shape index (κ2) is 5.55. The van der Waals surface area contributed by atoms with E-state index in [1.54, 1.807) is 19.1 Å². The van der Waals surface area contributed by atoms with Crippen molar-refractivity contribution in [3.05, 3.63) is 29.8 Å². The molecule has 1 heterocycles. The molecule has 6 nitrogen and oxygen atoms in total. The molecule has 4 amide bonds. The summed E-state index contributed by atoms with van der Waals surface area (Å²) in [6.07, 6.45) is 0.480. The zero-order valence-electron chi connectivity index (χ0n) is 12.4. The maximum atomic E-state index is 12.2. The molecule has 1 atom stereocenters. The first-order valence-corrected chi connectivity index (χ1v) is 6.86. The quantitative estimate of drug-likeness (QED) is 0.827. The van der Waals surface area contributed by atoms with Crippen LogP contribution in [0.15, 0.2) is 24.3 Å². The highest BCUT2D eigenvalue weighted by atomic mass is 16.2. The van der Waals surface area contributed by atoms with E-state index in [1.807, 2.05) is 26.0 Å². The number of carbonyl (C=O) groups is 3. The minimum Gasteiger partial charge on any atom is -0.325 e. The number of hydrogen-bond acceptors (Lipinski definition) is 3. The van der Waals surface area contributed by atoms with Crippen molar-refractivity contribution in [1.82, 2.24) is 10.2 Å². The van der Waals surface area contributed by atoms with Crippen LogP contribution in [0.4, 0.5) is 10.5 Å². The highest BCUT2D eigenvalue weighted by Crippen LogP contribution is 2.20. The summed E-state index contributed by atoms with van der Waals surface area (Å²) in [5.41, 5.74) is 0.804. The number of imide groups is 1.